The quantitative estimate of drug-likeness (QED) is 0.745. The van der Waals surface area contributed by atoms with E-state index in [-0.39, 0.29) is 11.8 Å². The molecule has 1 aliphatic heterocycles. The Balaban J connectivity index is 1.58. The Labute approximate surface area is 168 Å². The van der Waals surface area contributed by atoms with Crippen LogP contribution in [0.3, 0.4) is 0 Å². The van der Waals surface area contributed by atoms with Gasteiger partial charge in [0.2, 0.25) is 0 Å². The topological polar surface area (TPSA) is 50.4 Å². The lowest BCUT2D eigenvalue weighted by Crippen LogP contribution is -2.46. The molecule has 2 aromatic rings. The van der Waals surface area contributed by atoms with Gasteiger partial charge in [-0.15, -0.1) is 0 Å². The summed E-state index contributed by atoms with van der Waals surface area (Å²) >= 11 is 11.8. The fourth-order valence-electron chi connectivity index (χ4n) is 3.50. The van der Waals surface area contributed by atoms with Gasteiger partial charge in [-0.1, -0.05) is 48.0 Å². The van der Waals surface area contributed by atoms with Crippen LogP contribution in [0.1, 0.15) is 36.4 Å². The molecule has 6 heteroatoms. The van der Waals surface area contributed by atoms with Crippen molar-refractivity contribution in [3.8, 4) is 5.75 Å². The standard InChI is InChI=1S/C21H19ClN2O2S/c22-15-11-14(9-10-18(15)26-12-13-5-2-1-3-6-13)20-19-16(23-21(27)24-20)7-4-8-17(19)25/h1-3,5-6,9-11,20H,4,7-8,12H2,(H2,23,24,27). The normalized spacial score (nSPS) is 19.2. The Morgan fingerprint density at radius 2 is 1.96 bits per heavy atom. The maximum absolute atomic E-state index is 12.5. The fraction of sp³-hybridized carbons (Fsp3) is 0.238. The van der Waals surface area contributed by atoms with Crippen LogP contribution >= 0.6 is 23.8 Å². The third kappa shape index (κ3) is 3.84. The van der Waals surface area contributed by atoms with Crippen LogP contribution in [-0.2, 0) is 11.4 Å². The average molecular weight is 399 g/mol. The molecule has 2 N–H and O–H groups in total. The van der Waals surface area contributed by atoms with Crippen LogP contribution in [0.4, 0.5) is 0 Å². The number of benzene rings is 2. The van der Waals surface area contributed by atoms with Gasteiger partial charge in [0, 0.05) is 17.7 Å². The summed E-state index contributed by atoms with van der Waals surface area (Å²) in [6, 6.07) is 15.3. The number of Topliss-reactive ketones (excluding diaryl/α,β-unsaturated/α-hetero) is 1. The highest BCUT2D eigenvalue weighted by Crippen LogP contribution is 2.36. The van der Waals surface area contributed by atoms with Crippen LogP contribution in [0.2, 0.25) is 5.02 Å². The summed E-state index contributed by atoms with van der Waals surface area (Å²) in [5, 5.41) is 7.39. The minimum Gasteiger partial charge on any atom is -0.487 e. The number of ketones is 1. The van der Waals surface area contributed by atoms with Crippen molar-refractivity contribution in [2.24, 2.45) is 0 Å². The molecule has 2 aliphatic rings. The second-order valence-electron chi connectivity index (χ2n) is 6.66. The second-order valence-corrected chi connectivity index (χ2v) is 7.48. The second kappa shape index (κ2) is 7.71. The van der Waals surface area contributed by atoms with E-state index in [4.69, 9.17) is 28.6 Å². The number of rotatable bonds is 4. The molecule has 1 atom stereocenters. The van der Waals surface area contributed by atoms with Crippen LogP contribution in [0, 0.1) is 0 Å². The summed E-state index contributed by atoms with van der Waals surface area (Å²) in [6.07, 6.45) is 2.26. The molecule has 0 aromatic heterocycles. The minimum atomic E-state index is -0.276. The molecule has 0 spiro atoms. The third-order valence-electron chi connectivity index (χ3n) is 4.81. The highest BCUT2D eigenvalue weighted by Gasteiger charge is 2.33. The number of carbonyl (C=O) groups is 1. The van der Waals surface area contributed by atoms with Gasteiger partial charge in [-0.3, -0.25) is 4.79 Å². The van der Waals surface area contributed by atoms with Crippen molar-refractivity contribution in [1.29, 1.82) is 0 Å². The highest BCUT2D eigenvalue weighted by molar-refractivity contribution is 7.80. The van der Waals surface area contributed by atoms with Crippen LogP contribution < -0.4 is 15.4 Å². The van der Waals surface area contributed by atoms with Crippen molar-refractivity contribution in [2.45, 2.75) is 31.9 Å². The molecule has 0 radical (unpaired) electrons. The van der Waals surface area contributed by atoms with Gasteiger partial charge in [-0.25, -0.2) is 0 Å². The first-order valence-corrected chi connectivity index (χ1v) is 9.70. The zero-order valence-electron chi connectivity index (χ0n) is 14.6. The molecule has 138 valence electrons. The number of hydrogen-bond donors (Lipinski definition) is 2. The molecule has 1 aliphatic carbocycles. The summed E-state index contributed by atoms with van der Waals surface area (Å²) in [5.41, 5.74) is 3.67. The molecule has 2 aromatic carbocycles. The third-order valence-corrected chi connectivity index (χ3v) is 5.33. The predicted molar refractivity (Wildman–Crippen MR) is 110 cm³/mol. The van der Waals surface area contributed by atoms with Crippen LogP contribution in [0.15, 0.2) is 59.8 Å². The van der Waals surface area contributed by atoms with Gasteiger partial charge in [0.1, 0.15) is 12.4 Å². The molecule has 1 unspecified atom stereocenters. The van der Waals surface area contributed by atoms with Crippen molar-refractivity contribution in [3.63, 3.8) is 0 Å². The lowest BCUT2D eigenvalue weighted by molar-refractivity contribution is -0.116. The van der Waals surface area contributed by atoms with Crippen molar-refractivity contribution in [3.05, 3.63) is 76.0 Å². The number of nitrogens with one attached hydrogen (secondary N) is 2. The van der Waals surface area contributed by atoms with Crippen molar-refractivity contribution in [2.75, 3.05) is 0 Å². The van der Waals surface area contributed by atoms with Crippen molar-refractivity contribution in [1.82, 2.24) is 10.6 Å². The number of ether oxygens (including phenoxy) is 1. The van der Waals surface area contributed by atoms with E-state index in [0.29, 0.717) is 28.9 Å². The first-order chi connectivity index (χ1) is 13.1. The Hall–Kier alpha value is -2.37. The first-order valence-electron chi connectivity index (χ1n) is 8.92. The molecule has 0 saturated heterocycles. The Kier molecular flexibility index (Phi) is 5.14. The molecule has 0 bridgehead atoms. The fourth-order valence-corrected chi connectivity index (χ4v) is 3.99. The van der Waals surface area contributed by atoms with Gasteiger partial charge in [0.05, 0.1) is 11.1 Å². The SMILES string of the molecule is O=C1CCCC2=C1C(c1ccc(OCc3ccccc3)c(Cl)c1)NC(=S)N2. The summed E-state index contributed by atoms with van der Waals surface area (Å²) in [7, 11) is 0. The number of carbonyl (C=O) groups excluding carboxylic acids is 1. The summed E-state index contributed by atoms with van der Waals surface area (Å²) in [5.74, 6) is 0.772. The maximum atomic E-state index is 12.5. The molecule has 1 heterocycles. The van der Waals surface area contributed by atoms with Crippen LogP contribution in [0.25, 0.3) is 0 Å². The van der Waals surface area contributed by atoms with E-state index < -0.39 is 0 Å². The smallest absolute Gasteiger partial charge is 0.171 e. The summed E-state index contributed by atoms with van der Waals surface area (Å²) < 4.78 is 5.84. The number of thiocarbonyl (C=S) groups is 1. The molecule has 27 heavy (non-hydrogen) atoms. The minimum absolute atomic E-state index is 0.157. The molecule has 0 amide bonds. The summed E-state index contributed by atoms with van der Waals surface area (Å²) in [4.78, 5) is 12.5. The molecule has 0 saturated carbocycles. The monoisotopic (exact) mass is 398 g/mol. The molecular weight excluding hydrogens is 380 g/mol. The molecular formula is C21H19ClN2O2S. The number of hydrogen-bond acceptors (Lipinski definition) is 3. The van der Waals surface area contributed by atoms with Crippen molar-refractivity contribution < 1.29 is 9.53 Å². The van der Waals surface area contributed by atoms with Crippen LogP contribution in [-0.4, -0.2) is 10.9 Å². The summed E-state index contributed by atoms with van der Waals surface area (Å²) in [6.45, 7) is 0.448. The average Bonchev–Trinajstić information content (AvgIpc) is 2.67. The number of allylic oxidation sites excluding steroid dienone is 1. The zero-order valence-corrected chi connectivity index (χ0v) is 16.2. The van der Waals surface area contributed by atoms with E-state index in [2.05, 4.69) is 10.6 Å². The van der Waals surface area contributed by atoms with E-state index in [1.807, 2.05) is 48.5 Å². The Bertz CT molecular complexity index is 927. The lowest BCUT2D eigenvalue weighted by atomic mass is 9.85. The molecule has 0 fully saturated rings. The van der Waals surface area contributed by atoms with Gasteiger partial charge in [0.15, 0.2) is 10.9 Å². The predicted octanol–water partition coefficient (Wildman–Crippen LogP) is 4.44. The van der Waals surface area contributed by atoms with E-state index in [0.717, 1.165) is 35.2 Å². The largest absolute Gasteiger partial charge is 0.487 e. The van der Waals surface area contributed by atoms with Gasteiger partial charge in [-0.2, -0.15) is 0 Å². The van der Waals surface area contributed by atoms with E-state index >= 15 is 0 Å². The van der Waals surface area contributed by atoms with Crippen LogP contribution in [0.5, 0.6) is 5.75 Å². The molecule has 4 nitrogen and oxygen atoms in total. The van der Waals surface area contributed by atoms with Gasteiger partial charge in [-0.05, 0) is 48.3 Å². The van der Waals surface area contributed by atoms with Gasteiger partial charge >= 0.3 is 0 Å². The lowest BCUT2D eigenvalue weighted by Gasteiger charge is -2.34. The van der Waals surface area contributed by atoms with E-state index in [9.17, 15) is 4.79 Å². The maximum Gasteiger partial charge on any atom is 0.171 e. The Morgan fingerprint density at radius 3 is 2.74 bits per heavy atom. The Morgan fingerprint density at radius 1 is 1.15 bits per heavy atom. The first kappa shape index (κ1) is 18.0. The van der Waals surface area contributed by atoms with E-state index in [1.54, 1.807) is 0 Å². The number of halogens is 1. The van der Waals surface area contributed by atoms with Gasteiger partial charge < -0.3 is 15.4 Å². The van der Waals surface area contributed by atoms with Gasteiger partial charge in [0.25, 0.3) is 0 Å². The van der Waals surface area contributed by atoms with E-state index in [1.165, 1.54) is 0 Å². The van der Waals surface area contributed by atoms with Crippen molar-refractivity contribution >= 4 is 34.7 Å². The molecule has 4 rings (SSSR count). The highest BCUT2D eigenvalue weighted by atomic mass is 35.5. The zero-order chi connectivity index (χ0) is 18.8.